The van der Waals surface area contributed by atoms with Gasteiger partial charge >= 0.3 is 12.6 Å². The Morgan fingerprint density at radius 3 is 2.52 bits per heavy atom. The molecule has 1 aliphatic heterocycles. The number of rotatable bonds is 7. The van der Waals surface area contributed by atoms with Crippen LogP contribution < -0.4 is 15.4 Å². The van der Waals surface area contributed by atoms with Crippen LogP contribution in [0.4, 0.5) is 13.6 Å². The van der Waals surface area contributed by atoms with Gasteiger partial charge in [0, 0.05) is 32.2 Å². The minimum absolute atomic E-state index is 0.102. The number of nitrogens with zero attached hydrogens (tertiary/aromatic N) is 1. The molecular formula is C18H25F2N3O2. The van der Waals surface area contributed by atoms with Crippen molar-refractivity contribution in [2.45, 2.75) is 39.0 Å². The summed E-state index contributed by atoms with van der Waals surface area (Å²) in [6.07, 6.45) is 1.83. The number of likely N-dealkylation sites (tertiary alicyclic amines) is 1. The number of benzene rings is 1. The van der Waals surface area contributed by atoms with Gasteiger partial charge in [-0.3, -0.25) is 4.90 Å². The molecule has 1 fully saturated rings. The predicted octanol–water partition coefficient (Wildman–Crippen LogP) is 3.13. The summed E-state index contributed by atoms with van der Waals surface area (Å²) in [5, 5.41) is 5.76. The fourth-order valence-corrected chi connectivity index (χ4v) is 2.82. The number of ether oxygens (including phenoxy) is 1. The topological polar surface area (TPSA) is 53.6 Å². The summed E-state index contributed by atoms with van der Waals surface area (Å²) >= 11 is 0. The summed E-state index contributed by atoms with van der Waals surface area (Å²) in [5.41, 5.74) is 1.96. The average Bonchev–Trinajstić information content (AvgIpc) is 2.55. The smallest absolute Gasteiger partial charge is 0.387 e. The molecule has 2 N–H and O–H groups in total. The van der Waals surface area contributed by atoms with Gasteiger partial charge in [-0.2, -0.15) is 8.78 Å². The largest absolute Gasteiger partial charge is 0.435 e. The molecule has 0 aromatic heterocycles. The SMILES string of the molecule is C=C(C)CN1CCC(NC(=O)NCc2ccc(OC(F)F)cc2)CC1. The molecule has 0 unspecified atom stereocenters. The molecule has 1 aromatic rings. The van der Waals surface area contributed by atoms with E-state index in [1.807, 2.05) is 6.92 Å². The van der Waals surface area contributed by atoms with Crippen LogP contribution >= 0.6 is 0 Å². The van der Waals surface area contributed by atoms with Gasteiger partial charge in [0.25, 0.3) is 0 Å². The highest BCUT2D eigenvalue weighted by molar-refractivity contribution is 5.74. The lowest BCUT2D eigenvalue weighted by Gasteiger charge is -2.32. The minimum atomic E-state index is -2.84. The van der Waals surface area contributed by atoms with Gasteiger partial charge in [0.05, 0.1) is 0 Å². The Bertz CT molecular complexity index is 570. The van der Waals surface area contributed by atoms with Crippen LogP contribution in [0.3, 0.4) is 0 Å². The standard InChI is InChI=1S/C18H25F2N3O2/c1-13(2)12-23-9-7-15(8-10-23)22-18(24)21-11-14-3-5-16(6-4-14)25-17(19)20/h3-6,15,17H,1,7-12H2,2H3,(H2,21,22,24). The monoisotopic (exact) mass is 353 g/mol. The maximum absolute atomic E-state index is 12.1. The molecule has 1 heterocycles. The van der Waals surface area contributed by atoms with E-state index in [4.69, 9.17) is 0 Å². The minimum Gasteiger partial charge on any atom is -0.435 e. The first-order valence-corrected chi connectivity index (χ1v) is 8.37. The van der Waals surface area contributed by atoms with E-state index in [2.05, 4.69) is 26.8 Å². The van der Waals surface area contributed by atoms with Crippen molar-refractivity contribution in [3.63, 3.8) is 0 Å². The summed E-state index contributed by atoms with van der Waals surface area (Å²) in [5.74, 6) is 0.102. The number of nitrogens with one attached hydrogen (secondary N) is 2. The number of carbonyl (C=O) groups excluding carboxylic acids is 1. The quantitative estimate of drug-likeness (QED) is 0.741. The van der Waals surface area contributed by atoms with Gasteiger partial charge in [0.1, 0.15) is 5.75 Å². The zero-order valence-electron chi connectivity index (χ0n) is 14.4. The third-order valence-corrected chi connectivity index (χ3v) is 4.02. The van der Waals surface area contributed by atoms with Crippen LogP contribution in [0.15, 0.2) is 36.4 Å². The molecule has 2 rings (SSSR count). The molecule has 0 aliphatic carbocycles. The summed E-state index contributed by atoms with van der Waals surface area (Å²) < 4.78 is 28.5. The maximum Gasteiger partial charge on any atom is 0.387 e. The Hall–Kier alpha value is -2.15. The Balaban J connectivity index is 1.68. The summed E-state index contributed by atoms with van der Waals surface area (Å²) in [7, 11) is 0. The van der Waals surface area contributed by atoms with Crippen molar-refractivity contribution in [2.24, 2.45) is 0 Å². The van der Waals surface area contributed by atoms with Crippen molar-refractivity contribution >= 4 is 6.03 Å². The van der Waals surface area contributed by atoms with Gasteiger partial charge in [0.15, 0.2) is 0 Å². The van der Waals surface area contributed by atoms with Gasteiger partial charge in [0.2, 0.25) is 0 Å². The number of alkyl halides is 2. The average molecular weight is 353 g/mol. The molecule has 25 heavy (non-hydrogen) atoms. The summed E-state index contributed by atoms with van der Waals surface area (Å²) in [4.78, 5) is 14.3. The van der Waals surface area contributed by atoms with Crippen molar-refractivity contribution in [3.8, 4) is 5.75 Å². The Morgan fingerprint density at radius 1 is 1.32 bits per heavy atom. The molecule has 1 aromatic carbocycles. The molecule has 0 spiro atoms. The predicted molar refractivity (Wildman–Crippen MR) is 92.7 cm³/mol. The summed E-state index contributed by atoms with van der Waals surface area (Å²) in [6, 6.07) is 6.16. The Morgan fingerprint density at radius 2 is 1.96 bits per heavy atom. The maximum atomic E-state index is 12.1. The zero-order chi connectivity index (χ0) is 18.2. The van der Waals surface area contributed by atoms with Crippen LogP contribution in [0.5, 0.6) is 5.75 Å². The second-order valence-electron chi connectivity index (χ2n) is 6.36. The molecule has 0 atom stereocenters. The van der Waals surface area contributed by atoms with E-state index < -0.39 is 6.61 Å². The van der Waals surface area contributed by atoms with E-state index in [-0.39, 0.29) is 17.8 Å². The first-order chi connectivity index (χ1) is 11.9. The second kappa shape index (κ2) is 9.36. The number of hydrogen-bond acceptors (Lipinski definition) is 3. The number of piperidine rings is 1. The molecule has 2 amide bonds. The highest BCUT2D eigenvalue weighted by Crippen LogP contribution is 2.15. The number of amides is 2. The molecule has 0 bridgehead atoms. The van der Waals surface area contributed by atoms with Gasteiger partial charge in [-0.15, -0.1) is 0 Å². The van der Waals surface area contributed by atoms with E-state index in [0.717, 1.165) is 43.6 Å². The van der Waals surface area contributed by atoms with Crippen molar-refractivity contribution in [1.82, 2.24) is 15.5 Å². The van der Waals surface area contributed by atoms with E-state index in [0.29, 0.717) is 6.54 Å². The molecular weight excluding hydrogens is 328 g/mol. The van der Waals surface area contributed by atoms with Crippen LogP contribution in [0.25, 0.3) is 0 Å². The molecule has 0 saturated carbocycles. The van der Waals surface area contributed by atoms with Crippen molar-refractivity contribution in [2.75, 3.05) is 19.6 Å². The second-order valence-corrected chi connectivity index (χ2v) is 6.36. The Kier molecular flexibility index (Phi) is 7.18. The van der Waals surface area contributed by atoms with Gasteiger partial charge in [-0.05, 0) is 37.5 Å². The lowest BCUT2D eigenvalue weighted by molar-refractivity contribution is -0.0498. The Labute approximate surface area is 147 Å². The van der Waals surface area contributed by atoms with Gasteiger partial charge in [-0.25, -0.2) is 4.79 Å². The van der Waals surface area contributed by atoms with E-state index in [1.54, 1.807) is 12.1 Å². The first kappa shape index (κ1) is 19.2. The molecule has 7 heteroatoms. The van der Waals surface area contributed by atoms with Crippen LogP contribution in [-0.2, 0) is 6.54 Å². The van der Waals surface area contributed by atoms with E-state index >= 15 is 0 Å². The lowest BCUT2D eigenvalue weighted by Crippen LogP contribution is -2.47. The molecule has 1 saturated heterocycles. The van der Waals surface area contributed by atoms with Crippen LogP contribution in [0.1, 0.15) is 25.3 Å². The number of halogens is 2. The molecule has 5 nitrogen and oxygen atoms in total. The molecule has 138 valence electrons. The number of urea groups is 1. The third-order valence-electron chi connectivity index (χ3n) is 4.02. The first-order valence-electron chi connectivity index (χ1n) is 8.37. The zero-order valence-corrected chi connectivity index (χ0v) is 14.4. The fraction of sp³-hybridized carbons (Fsp3) is 0.500. The van der Waals surface area contributed by atoms with Crippen molar-refractivity contribution < 1.29 is 18.3 Å². The van der Waals surface area contributed by atoms with Crippen LogP contribution in [-0.4, -0.2) is 43.2 Å². The number of carbonyl (C=O) groups is 1. The highest BCUT2D eigenvalue weighted by atomic mass is 19.3. The number of hydrogen-bond donors (Lipinski definition) is 2. The van der Waals surface area contributed by atoms with E-state index in [9.17, 15) is 13.6 Å². The van der Waals surface area contributed by atoms with Crippen molar-refractivity contribution in [3.05, 3.63) is 42.0 Å². The van der Waals surface area contributed by atoms with Gasteiger partial charge < -0.3 is 15.4 Å². The molecule has 1 aliphatic rings. The van der Waals surface area contributed by atoms with Gasteiger partial charge in [-0.1, -0.05) is 24.3 Å². The van der Waals surface area contributed by atoms with Crippen molar-refractivity contribution in [1.29, 1.82) is 0 Å². The third kappa shape index (κ3) is 7.09. The van der Waals surface area contributed by atoms with Crippen LogP contribution in [0.2, 0.25) is 0 Å². The normalized spacial score (nSPS) is 15.8. The molecule has 0 radical (unpaired) electrons. The van der Waals surface area contributed by atoms with Crippen LogP contribution in [0, 0.1) is 0 Å². The van der Waals surface area contributed by atoms with E-state index in [1.165, 1.54) is 12.1 Å². The fourth-order valence-electron chi connectivity index (χ4n) is 2.82. The summed E-state index contributed by atoms with van der Waals surface area (Å²) in [6.45, 7) is 6.24. The lowest BCUT2D eigenvalue weighted by atomic mass is 10.0. The highest BCUT2D eigenvalue weighted by Gasteiger charge is 2.20.